The number of nitrogens with one attached hydrogen (secondary N) is 1. The molecule has 7 nitrogen and oxygen atoms in total. The zero-order chi connectivity index (χ0) is 17.1. The second-order valence-corrected chi connectivity index (χ2v) is 5.49. The maximum Gasteiger partial charge on any atom is 0.194 e. The van der Waals surface area contributed by atoms with Crippen LogP contribution in [0.3, 0.4) is 0 Å². The monoisotopic (exact) mass is 322 g/mol. The molecule has 0 aliphatic rings. The molecule has 0 unspecified atom stereocenters. The highest BCUT2D eigenvalue weighted by molar-refractivity contribution is 5.79. The van der Waals surface area contributed by atoms with Crippen molar-refractivity contribution in [2.75, 3.05) is 33.9 Å². The van der Waals surface area contributed by atoms with Gasteiger partial charge in [0.25, 0.3) is 0 Å². The van der Waals surface area contributed by atoms with Crippen LogP contribution in [0.4, 0.5) is 0 Å². The molecule has 0 radical (unpaired) electrons. The molecule has 1 aromatic heterocycles. The van der Waals surface area contributed by atoms with E-state index in [1.165, 1.54) is 0 Å². The molecule has 1 rings (SSSR count). The standard InChI is InChI=1S/C16H30N6O/c1-6-7-8-11-21(3)16(17-10-9-12-23-5)18-13-15-20-19-14(2)22(15)4/h6H,1,7-13H2,2-5H3,(H,17,18). The average molecular weight is 322 g/mol. The van der Waals surface area contributed by atoms with Crippen molar-refractivity contribution in [2.45, 2.75) is 32.7 Å². The van der Waals surface area contributed by atoms with Crippen LogP contribution in [0.25, 0.3) is 0 Å². The first-order valence-corrected chi connectivity index (χ1v) is 8.04. The van der Waals surface area contributed by atoms with Crippen LogP contribution in [0.5, 0.6) is 0 Å². The molecule has 0 saturated carbocycles. The van der Waals surface area contributed by atoms with Crippen LogP contribution in [0.15, 0.2) is 17.6 Å². The highest BCUT2D eigenvalue weighted by atomic mass is 16.5. The first-order valence-electron chi connectivity index (χ1n) is 8.04. The molecule has 0 aliphatic carbocycles. The first-order chi connectivity index (χ1) is 11.1. The Hall–Kier alpha value is -1.89. The van der Waals surface area contributed by atoms with Crippen LogP contribution in [0.2, 0.25) is 0 Å². The van der Waals surface area contributed by atoms with Gasteiger partial charge in [-0.15, -0.1) is 16.8 Å². The van der Waals surface area contributed by atoms with E-state index in [-0.39, 0.29) is 0 Å². The van der Waals surface area contributed by atoms with Gasteiger partial charge in [0.1, 0.15) is 12.4 Å². The molecular weight excluding hydrogens is 292 g/mol. The number of ether oxygens (including phenoxy) is 1. The molecule has 7 heteroatoms. The molecular formula is C16H30N6O. The predicted molar refractivity (Wildman–Crippen MR) is 93.4 cm³/mol. The van der Waals surface area contributed by atoms with Gasteiger partial charge in [-0.1, -0.05) is 6.08 Å². The number of allylic oxidation sites excluding steroid dienone is 1. The second-order valence-electron chi connectivity index (χ2n) is 5.49. The third-order valence-electron chi connectivity index (χ3n) is 3.62. The normalized spacial score (nSPS) is 11.6. The van der Waals surface area contributed by atoms with Crippen LogP contribution in [-0.4, -0.2) is 59.5 Å². The Morgan fingerprint density at radius 2 is 2.22 bits per heavy atom. The molecule has 23 heavy (non-hydrogen) atoms. The summed E-state index contributed by atoms with van der Waals surface area (Å²) in [5.74, 6) is 2.63. The molecule has 0 bridgehead atoms. The number of hydrogen-bond donors (Lipinski definition) is 1. The van der Waals surface area contributed by atoms with Gasteiger partial charge >= 0.3 is 0 Å². The van der Waals surface area contributed by atoms with Gasteiger partial charge in [0, 0.05) is 40.9 Å². The van der Waals surface area contributed by atoms with Crippen LogP contribution in [0.1, 0.15) is 30.9 Å². The highest BCUT2D eigenvalue weighted by Crippen LogP contribution is 2.01. The third-order valence-corrected chi connectivity index (χ3v) is 3.62. The molecule has 0 spiro atoms. The summed E-state index contributed by atoms with van der Waals surface area (Å²) in [6, 6.07) is 0. The maximum absolute atomic E-state index is 5.09. The fourth-order valence-corrected chi connectivity index (χ4v) is 2.04. The van der Waals surface area contributed by atoms with Gasteiger partial charge < -0.3 is 19.5 Å². The minimum atomic E-state index is 0.510. The molecule has 130 valence electrons. The van der Waals surface area contributed by atoms with Crippen LogP contribution >= 0.6 is 0 Å². The minimum Gasteiger partial charge on any atom is -0.385 e. The Morgan fingerprint density at radius 3 is 2.83 bits per heavy atom. The summed E-state index contributed by atoms with van der Waals surface area (Å²) in [7, 11) is 5.72. The number of unbranched alkanes of at least 4 members (excludes halogenated alkanes) is 1. The Labute approximate surface area is 139 Å². The van der Waals surface area contributed by atoms with Crippen molar-refractivity contribution >= 4 is 5.96 Å². The van der Waals surface area contributed by atoms with Gasteiger partial charge in [0.15, 0.2) is 11.8 Å². The molecule has 0 atom stereocenters. The van der Waals surface area contributed by atoms with Gasteiger partial charge in [-0.3, -0.25) is 0 Å². The first kappa shape index (κ1) is 19.2. The number of aryl methyl sites for hydroxylation is 1. The lowest BCUT2D eigenvalue weighted by Crippen LogP contribution is -2.40. The van der Waals surface area contributed by atoms with E-state index in [1.54, 1.807) is 7.11 Å². The van der Waals surface area contributed by atoms with Gasteiger partial charge in [-0.05, 0) is 26.2 Å². The smallest absolute Gasteiger partial charge is 0.194 e. The number of hydrogen-bond acceptors (Lipinski definition) is 4. The highest BCUT2D eigenvalue weighted by Gasteiger charge is 2.08. The van der Waals surface area contributed by atoms with Crippen molar-refractivity contribution in [2.24, 2.45) is 12.0 Å². The average Bonchev–Trinajstić information content (AvgIpc) is 2.86. The van der Waals surface area contributed by atoms with Crippen molar-refractivity contribution in [3.05, 3.63) is 24.3 Å². The number of nitrogens with zero attached hydrogens (tertiary/aromatic N) is 5. The largest absolute Gasteiger partial charge is 0.385 e. The summed E-state index contributed by atoms with van der Waals surface area (Å²) in [6.07, 6.45) is 4.95. The number of guanidine groups is 1. The van der Waals surface area contributed by atoms with Crippen molar-refractivity contribution in [3.63, 3.8) is 0 Å². The zero-order valence-electron chi connectivity index (χ0n) is 14.9. The molecule has 0 aliphatic heterocycles. The van der Waals surface area contributed by atoms with Gasteiger partial charge in [-0.2, -0.15) is 0 Å². The van der Waals surface area contributed by atoms with E-state index >= 15 is 0 Å². The fourth-order valence-electron chi connectivity index (χ4n) is 2.04. The van der Waals surface area contributed by atoms with Crippen LogP contribution in [0, 0.1) is 6.92 Å². The van der Waals surface area contributed by atoms with E-state index in [1.807, 2.05) is 31.7 Å². The van der Waals surface area contributed by atoms with Crippen molar-refractivity contribution < 1.29 is 4.74 Å². The van der Waals surface area contributed by atoms with Gasteiger partial charge in [-0.25, -0.2) is 4.99 Å². The lowest BCUT2D eigenvalue weighted by atomic mass is 10.3. The number of aliphatic imine (C=N–C) groups is 1. The molecule has 1 heterocycles. The van der Waals surface area contributed by atoms with E-state index in [9.17, 15) is 0 Å². The van der Waals surface area contributed by atoms with E-state index in [2.05, 4.69) is 32.0 Å². The summed E-state index contributed by atoms with van der Waals surface area (Å²) in [5, 5.41) is 11.6. The molecule has 1 N–H and O–H groups in total. The summed E-state index contributed by atoms with van der Waals surface area (Å²) < 4.78 is 7.05. The van der Waals surface area contributed by atoms with E-state index in [0.29, 0.717) is 6.54 Å². The summed E-state index contributed by atoms with van der Waals surface area (Å²) in [4.78, 5) is 6.82. The minimum absolute atomic E-state index is 0.510. The van der Waals surface area contributed by atoms with E-state index in [4.69, 9.17) is 4.74 Å². The Kier molecular flexibility index (Phi) is 8.97. The number of aromatic nitrogens is 3. The second kappa shape index (κ2) is 10.8. The van der Waals surface area contributed by atoms with E-state index < -0.39 is 0 Å². The summed E-state index contributed by atoms with van der Waals surface area (Å²) >= 11 is 0. The Morgan fingerprint density at radius 1 is 1.43 bits per heavy atom. The molecule has 0 aromatic carbocycles. The SMILES string of the molecule is C=CCCCN(C)C(=NCc1nnc(C)n1C)NCCCOC. The summed E-state index contributed by atoms with van der Waals surface area (Å²) in [5.41, 5.74) is 0. The van der Waals surface area contributed by atoms with Crippen molar-refractivity contribution in [3.8, 4) is 0 Å². The lowest BCUT2D eigenvalue weighted by molar-refractivity contribution is 0.195. The topological polar surface area (TPSA) is 67.6 Å². The Balaban J connectivity index is 2.65. The lowest BCUT2D eigenvalue weighted by Gasteiger charge is -2.22. The molecule has 0 fully saturated rings. The zero-order valence-corrected chi connectivity index (χ0v) is 14.9. The third kappa shape index (κ3) is 6.81. The van der Waals surface area contributed by atoms with Crippen LogP contribution in [-0.2, 0) is 18.3 Å². The molecule has 0 amide bonds. The summed E-state index contributed by atoms with van der Waals surface area (Å²) in [6.45, 7) is 8.71. The Bertz CT molecular complexity index is 497. The van der Waals surface area contributed by atoms with Crippen molar-refractivity contribution in [1.82, 2.24) is 25.0 Å². The fraction of sp³-hybridized carbons (Fsp3) is 0.688. The maximum atomic E-state index is 5.09. The van der Waals surface area contributed by atoms with Crippen molar-refractivity contribution in [1.29, 1.82) is 0 Å². The molecule has 0 saturated heterocycles. The quantitative estimate of drug-likeness (QED) is 0.306. The number of rotatable bonds is 10. The van der Waals surface area contributed by atoms with Gasteiger partial charge in [0.05, 0.1) is 0 Å². The molecule has 1 aromatic rings. The predicted octanol–water partition coefficient (Wildman–Crippen LogP) is 1.50. The van der Waals surface area contributed by atoms with Gasteiger partial charge in [0.2, 0.25) is 0 Å². The van der Waals surface area contributed by atoms with E-state index in [0.717, 1.165) is 56.6 Å². The van der Waals surface area contributed by atoms with Crippen LogP contribution < -0.4 is 5.32 Å². The number of methoxy groups -OCH3 is 1.